The average Bonchev–Trinajstić information content (AvgIpc) is 3.56. The molecule has 5 nitrogen and oxygen atoms in total. The molecule has 0 aliphatic carbocycles. The lowest BCUT2D eigenvalue weighted by molar-refractivity contribution is 0.0792. The molecule has 0 spiro atoms. The zero-order valence-electron chi connectivity index (χ0n) is 23.2. The van der Waals surface area contributed by atoms with Crippen LogP contribution in [-0.2, 0) is 5.60 Å². The second-order valence-electron chi connectivity index (χ2n) is 11.2. The molecule has 202 valence electrons. The molecular weight excluding hydrogens is 518 g/mol. The van der Waals surface area contributed by atoms with Crippen molar-refractivity contribution < 1.29 is 9.52 Å². The Morgan fingerprint density at radius 3 is 1.90 bits per heavy atom. The maximum absolute atomic E-state index is 11.0. The zero-order chi connectivity index (χ0) is 28.4. The van der Waals surface area contributed by atoms with Crippen LogP contribution in [0.5, 0.6) is 0 Å². The first-order valence-corrected chi connectivity index (χ1v) is 14.1. The molecule has 5 heteroatoms. The normalized spacial score (nSPS) is 12.2. The number of para-hydroxylation sites is 3. The van der Waals surface area contributed by atoms with Crippen molar-refractivity contribution in [2.45, 2.75) is 19.4 Å². The first kappa shape index (κ1) is 24.5. The van der Waals surface area contributed by atoms with E-state index in [0.717, 1.165) is 66.2 Å². The van der Waals surface area contributed by atoms with E-state index in [2.05, 4.69) is 59.2 Å². The molecule has 0 fully saturated rings. The molecule has 0 atom stereocenters. The summed E-state index contributed by atoms with van der Waals surface area (Å²) >= 11 is 0. The van der Waals surface area contributed by atoms with Crippen molar-refractivity contribution in [2.24, 2.45) is 0 Å². The Balaban J connectivity index is 1.49. The van der Waals surface area contributed by atoms with Crippen molar-refractivity contribution in [1.82, 2.24) is 14.5 Å². The van der Waals surface area contributed by atoms with Gasteiger partial charge in [0.25, 0.3) is 0 Å². The number of hydrogen-bond donors (Lipinski definition) is 1. The van der Waals surface area contributed by atoms with E-state index in [9.17, 15) is 5.11 Å². The Labute approximate surface area is 242 Å². The first-order valence-electron chi connectivity index (χ1n) is 14.1. The fourth-order valence-electron chi connectivity index (χ4n) is 6.15. The molecule has 0 aliphatic heterocycles. The van der Waals surface area contributed by atoms with Gasteiger partial charge in [-0.25, -0.2) is 9.97 Å². The highest BCUT2D eigenvalue weighted by Gasteiger charge is 2.25. The smallest absolute Gasteiger partial charge is 0.236 e. The van der Waals surface area contributed by atoms with Crippen LogP contribution in [-0.4, -0.2) is 19.6 Å². The average molecular weight is 546 g/mol. The number of rotatable bonds is 4. The van der Waals surface area contributed by atoms with Gasteiger partial charge in [-0.2, -0.15) is 0 Å². The van der Waals surface area contributed by atoms with Gasteiger partial charge in [-0.3, -0.25) is 4.57 Å². The van der Waals surface area contributed by atoms with Crippen LogP contribution in [0.25, 0.3) is 72.2 Å². The van der Waals surface area contributed by atoms with E-state index < -0.39 is 5.60 Å². The lowest BCUT2D eigenvalue weighted by Gasteiger charge is -2.21. The lowest BCUT2D eigenvalue weighted by Crippen LogP contribution is -2.16. The molecule has 0 radical (unpaired) electrons. The molecule has 0 aliphatic rings. The van der Waals surface area contributed by atoms with Gasteiger partial charge in [0, 0.05) is 27.3 Å². The Kier molecular flexibility index (Phi) is 5.33. The molecule has 42 heavy (non-hydrogen) atoms. The summed E-state index contributed by atoms with van der Waals surface area (Å²) in [6.45, 7) is 3.61. The Morgan fingerprint density at radius 1 is 0.595 bits per heavy atom. The molecule has 0 bridgehead atoms. The van der Waals surface area contributed by atoms with Gasteiger partial charge in [0.05, 0.1) is 16.6 Å². The number of furan rings is 1. The van der Waals surface area contributed by atoms with Gasteiger partial charge in [-0.1, -0.05) is 103 Å². The molecule has 0 unspecified atom stereocenters. The molecular formula is C37H27N3O2. The van der Waals surface area contributed by atoms with Gasteiger partial charge < -0.3 is 9.52 Å². The quantitative estimate of drug-likeness (QED) is 0.240. The number of aliphatic hydroxyl groups is 1. The second-order valence-corrected chi connectivity index (χ2v) is 11.2. The highest BCUT2D eigenvalue weighted by atomic mass is 16.3. The lowest BCUT2D eigenvalue weighted by atomic mass is 9.89. The van der Waals surface area contributed by atoms with Gasteiger partial charge in [0.15, 0.2) is 5.58 Å². The molecule has 0 saturated carbocycles. The molecule has 0 amide bonds. The summed E-state index contributed by atoms with van der Waals surface area (Å²) in [5, 5.41) is 14.2. The summed E-state index contributed by atoms with van der Waals surface area (Å²) in [7, 11) is 0. The van der Waals surface area contributed by atoms with E-state index in [1.54, 1.807) is 0 Å². The van der Waals surface area contributed by atoms with Crippen molar-refractivity contribution in [2.75, 3.05) is 0 Å². The Morgan fingerprint density at radius 2 is 1.19 bits per heavy atom. The minimum atomic E-state index is -1.02. The van der Waals surface area contributed by atoms with Crippen LogP contribution in [0.15, 0.2) is 126 Å². The van der Waals surface area contributed by atoms with Crippen LogP contribution in [0.3, 0.4) is 0 Å². The highest BCUT2D eigenvalue weighted by molar-refractivity contribution is 6.12. The number of benzene rings is 5. The summed E-state index contributed by atoms with van der Waals surface area (Å²) in [6.07, 6.45) is 0. The van der Waals surface area contributed by atoms with Crippen molar-refractivity contribution in [3.63, 3.8) is 0 Å². The third-order valence-electron chi connectivity index (χ3n) is 8.03. The van der Waals surface area contributed by atoms with Crippen LogP contribution in [0.2, 0.25) is 0 Å². The van der Waals surface area contributed by atoms with Gasteiger partial charge in [-0.15, -0.1) is 0 Å². The van der Waals surface area contributed by atoms with Gasteiger partial charge in [0.1, 0.15) is 16.8 Å². The van der Waals surface area contributed by atoms with Crippen LogP contribution >= 0.6 is 0 Å². The summed E-state index contributed by atoms with van der Waals surface area (Å²) < 4.78 is 8.86. The number of aromatic nitrogens is 3. The summed E-state index contributed by atoms with van der Waals surface area (Å²) in [4.78, 5) is 10.4. The summed E-state index contributed by atoms with van der Waals surface area (Å²) in [5.74, 6) is 0.587. The predicted molar refractivity (Wildman–Crippen MR) is 170 cm³/mol. The maximum atomic E-state index is 11.0. The van der Waals surface area contributed by atoms with Crippen molar-refractivity contribution in [3.05, 3.63) is 127 Å². The Hall–Kier alpha value is -5.26. The van der Waals surface area contributed by atoms with Crippen molar-refractivity contribution in [1.29, 1.82) is 0 Å². The standard InChI is InChI=1S/C37H27N3O2/c1-37(2,41)29-20-9-6-15-24(29)27-18-12-19-28-33-35(42-34(27)28)32(23-13-4-3-5-14-23)38-36(39-33)40-30-21-10-7-16-25(30)26-17-8-11-22-31(26)40/h3-22,41H,1-2H3. The van der Waals surface area contributed by atoms with Gasteiger partial charge in [0.2, 0.25) is 5.95 Å². The SMILES string of the molecule is CC(C)(O)c1ccccc1-c1cccc2c1oc1c(-c3ccccc3)nc(-n3c4ccccc4c4ccccc43)nc12. The minimum absolute atomic E-state index is 0.587. The minimum Gasteiger partial charge on any atom is -0.451 e. The van der Waals surface area contributed by atoms with E-state index in [4.69, 9.17) is 14.4 Å². The fourth-order valence-corrected chi connectivity index (χ4v) is 6.15. The molecule has 5 aromatic carbocycles. The van der Waals surface area contributed by atoms with Crippen LogP contribution < -0.4 is 0 Å². The second kappa shape index (κ2) is 9.13. The number of fused-ring (bicyclic) bond motifs is 6. The van der Waals surface area contributed by atoms with Gasteiger partial charge in [-0.05, 0) is 43.2 Å². The van der Waals surface area contributed by atoms with Crippen molar-refractivity contribution in [3.8, 4) is 28.3 Å². The fraction of sp³-hybridized carbons (Fsp3) is 0.0811. The molecule has 0 saturated heterocycles. The van der Waals surface area contributed by atoms with Crippen LogP contribution in [0.4, 0.5) is 0 Å². The molecule has 3 heterocycles. The summed E-state index contributed by atoms with van der Waals surface area (Å²) in [6, 6.07) is 40.9. The number of hydrogen-bond acceptors (Lipinski definition) is 4. The van der Waals surface area contributed by atoms with E-state index >= 15 is 0 Å². The predicted octanol–water partition coefficient (Wildman–Crippen LogP) is 9.03. The van der Waals surface area contributed by atoms with E-state index in [1.807, 2.05) is 80.6 Å². The number of nitrogens with zero attached hydrogens (tertiary/aromatic N) is 3. The largest absolute Gasteiger partial charge is 0.451 e. The van der Waals surface area contributed by atoms with E-state index in [-0.39, 0.29) is 0 Å². The molecule has 1 N–H and O–H groups in total. The third kappa shape index (κ3) is 3.67. The van der Waals surface area contributed by atoms with E-state index in [1.165, 1.54) is 0 Å². The first-order chi connectivity index (χ1) is 20.5. The molecule has 8 rings (SSSR count). The molecule has 8 aromatic rings. The molecule has 3 aromatic heterocycles. The maximum Gasteiger partial charge on any atom is 0.236 e. The van der Waals surface area contributed by atoms with Crippen LogP contribution in [0.1, 0.15) is 19.4 Å². The van der Waals surface area contributed by atoms with Crippen LogP contribution in [0, 0.1) is 0 Å². The zero-order valence-corrected chi connectivity index (χ0v) is 23.2. The topological polar surface area (TPSA) is 64.1 Å². The van der Waals surface area contributed by atoms with E-state index in [0.29, 0.717) is 11.5 Å². The third-order valence-corrected chi connectivity index (χ3v) is 8.03. The Bertz CT molecular complexity index is 2240. The monoisotopic (exact) mass is 545 g/mol. The van der Waals surface area contributed by atoms with Crippen molar-refractivity contribution >= 4 is 43.9 Å². The highest BCUT2D eigenvalue weighted by Crippen LogP contribution is 2.42. The van der Waals surface area contributed by atoms with Gasteiger partial charge >= 0.3 is 0 Å². The summed E-state index contributed by atoms with van der Waals surface area (Å²) in [5.41, 5.74) is 7.51.